The number of nitrogens with zero attached hydrogens (tertiary/aromatic N) is 1. The van der Waals surface area contributed by atoms with Crippen LogP contribution in [0, 0.1) is 0 Å². The Bertz CT molecular complexity index is 918. The molecule has 3 aromatic rings. The number of aliphatic imine (C=N–C) groups is 1. The first kappa shape index (κ1) is 20.0. The van der Waals surface area contributed by atoms with Gasteiger partial charge in [-0.15, -0.1) is 0 Å². The average Bonchev–Trinajstić information content (AvgIpc) is 2.73. The van der Waals surface area contributed by atoms with Crippen LogP contribution in [-0.2, 0) is 13.0 Å². The normalized spacial score (nSPS) is 11.0. The van der Waals surface area contributed by atoms with Gasteiger partial charge in [0.2, 0.25) is 0 Å². The summed E-state index contributed by atoms with van der Waals surface area (Å²) in [5.74, 6) is 1.42. The largest absolute Gasteiger partial charge is 0.490 e. The van der Waals surface area contributed by atoms with Crippen molar-refractivity contribution >= 4 is 23.5 Å². The van der Waals surface area contributed by atoms with E-state index in [0.717, 1.165) is 23.2 Å². The summed E-state index contributed by atoms with van der Waals surface area (Å²) in [7, 11) is 0. The molecule has 0 saturated carbocycles. The summed E-state index contributed by atoms with van der Waals surface area (Å²) < 4.78 is 11.7. The monoisotopic (exact) mass is 393 g/mol. The molecule has 0 unspecified atom stereocenters. The second kappa shape index (κ2) is 9.95. The first-order valence-corrected chi connectivity index (χ1v) is 9.83. The molecule has 3 rings (SSSR count). The summed E-state index contributed by atoms with van der Waals surface area (Å²) in [6.07, 6.45) is 2.87. The van der Waals surface area contributed by atoms with Crippen molar-refractivity contribution in [2.45, 2.75) is 26.9 Å². The van der Waals surface area contributed by atoms with Crippen molar-refractivity contribution in [1.82, 2.24) is 0 Å². The molecule has 3 aromatic carbocycles. The van der Waals surface area contributed by atoms with Gasteiger partial charge in [-0.25, -0.2) is 0 Å². The van der Waals surface area contributed by atoms with Crippen LogP contribution < -0.4 is 9.47 Å². The quantitative estimate of drug-likeness (QED) is 0.402. The van der Waals surface area contributed by atoms with Gasteiger partial charge in [0, 0.05) is 11.2 Å². The fourth-order valence-corrected chi connectivity index (χ4v) is 2.83. The van der Waals surface area contributed by atoms with E-state index in [9.17, 15) is 0 Å². The van der Waals surface area contributed by atoms with Gasteiger partial charge in [0.25, 0.3) is 0 Å². The zero-order valence-corrected chi connectivity index (χ0v) is 16.9. The van der Waals surface area contributed by atoms with Gasteiger partial charge < -0.3 is 9.47 Å². The summed E-state index contributed by atoms with van der Waals surface area (Å²) in [5.41, 5.74) is 4.24. The predicted molar refractivity (Wildman–Crippen MR) is 116 cm³/mol. The van der Waals surface area contributed by atoms with Crippen LogP contribution in [0.25, 0.3) is 0 Å². The lowest BCUT2D eigenvalue weighted by molar-refractivity contribution is 0.269. The third-order valence-electron chi connectivity index (χ3n) is 4.28. The van der Waals surface area contributed by atoms with Gasteiger partial charge in [0.05, 0.1) is 12.3 Å². The number of ether oxygens (including phenoxy) is 2. The van der Waals surface area contributed by atoms with Crippen LogP contribution in [0.4, 0.5) is 5.69 Å². The van der Waals surface area contributed by atoms with Gasteiger partial charge in [-0.1, -0.05) is 42.8 Å². The van der Waals surface area contributed by atoms with Gasteiger partial charge in [0.1, 0.15) is 6.61 Å². The van der Waals surface area contributed by atoms with E-state index in [4.69, 9.17) is 21.1 Å². The fourth-order valence-electron chi connectivity index (χ4n) is 2.70. The lowest BCUT2D eigenvalue weighted by atomic mass is 10.1. The van der Waals surface area contributed by atoms with Crippen molar-refractivity contribution in [3.63, 3.8) is 0 Å². The number of hydrogen-bond donors (Lipinski definition) is 0. The van der Waals surface area contributed by atoms with E-state index in [-0.39, 0.29) is 0 Å². The fraction of sp³-hybridized carbons (Fsp3) is 0.208. The van der Waals surface area contributed by atoms with Crippen molar-refractivity contribution in [3.8, 4) is 11.5 Å². The Hall–Kier alpha value is -2.78. The molecule has 0 aliphatic carbocycles. The number of benzene rings is 3. The highest BCUT2D eigenvalue weighted by Gasteiger charge is 2.07. The maximum Gasteiger partial charge on any atom is 0.161 e. The first-order chi connectivity index (χ1) is 13.7. The summed E-state index contributed by atoms with van der Waals surface area (Å²) in [4.78, 5) is 4.55. The number of aryl methyl sites for hydroxylation is 1. The first-order valence-electron chi connectivity index (χ1n) is 9.45. The maximum absolute atomic E-state index is 5.95. The number of hydrogen-bond acceptors (Lipinski definition) is 3. The van der Waals surface area contributed by atoms with E-state index < -0.39 is 0 Å². The lowest BCUT2D eigenvalue weighted by Crippen LogP contribution is -2.00. The molecule has 28 heavy (non-hydrogen) atoms. The van der Waals surface area contributed by atoms with Gasteiger partial charge in [-0.05, 0) is 72.5 Å². The molecule has 0 aliphatic heterocycles. The average molecular weight is 394 g/mol. The SMILES string of the molecule is CCOc1cc(C=Nc2ccc(CC)cc2)ccc1OCc1ccc(Cl)cc1. The van der Waals surface area contributed by atoms with Gasteiger partial charge in [-0.3, -0.25) is 4.99 Å². The standard InChI is InChI=1S/C24H24ClNO2/c1-3-18-7-12-22(13-8-18)26-16-20-9-14-23(24(15-20)27-4-2)28-17-19-5-10-21(25)11-6-19/h5-16H,3-4,17H2,1-2H3. The summed E-state index contributed by atoms with van der Waals surface area (Å²) in [5, 5.41) is 0.715. The third-order valence-corrected chi connectivity index (χ3v) is 4.53. The molecular weight excluding hydrogens is 370 g/mol. The lowest BCUT2D eigenvalue weighted by Gasteiger charge is -2.12. The van der Waals surface area contributed by atoms with E-state index in [0.29, 0.717) is 29.7 Å². The minimum atomic E-state index is 0.453. The van der Waals surface area contributed by atoms with Crippen molar-refractivity contribution in [2.75, 3.05) is 6.61 Å². The van der Waals surface area contributed by atoms with Crippen LogP contribution in [0.2, 0.25) is 5.02 Å². The minimum absolute atomic E-state index is 0.453. The van der Waals surface area contributed by atoms with E-state index in [1.807, 2.05) is 67.7 Å². The van der Waals surface area contributed by atoms with Crippen molar-refractivity contribution in [3.05, 3.63) is 88.4 Å². The Balaban J connectivity index is 1.72. The Morgan fingerprint density at radius 1 is 0.821 bits per heavy atom. The molecule has 3 nitrogen and oxygen atoms in total. The van der Waals surface area contributed by atoms with E-state index in [2.05, 4.69) is 24.0 Å². The van der Waals surface area contributed by atoms with E-state index in [1.54, 1.807) is 0 Å². The predicted octanol–water partition coefficient (Wildman–Crippen LogP) is 6.63. The number of halogens is 1. The highest BCUT2D eigenvalue weighted by atomic mass is 35.5. The van der Waals surface area contributed by atoms with Crippen LogP contribution in [0.1, 0.15) is 30.5 Å². The molecule has 144 valence electrons. The molecule has 0 aromatic heterocycles. The Labute approximate surface area is 171 Å². The summed E-state index contributed by atoms with van der Waals surface area (Å²) in [6, 6.07) is 21.7. The van der Waals surface area contributed by atoms with Gasteiger partial charge in [0.15, 0.2) is 11.5 Å². The number of rotatable bonds is 8. The van der Waals surface area contributed by atoms with Crippen LogP contribution in [-0.4, -0.2) is 12.8 Å². The molecule has 0 amide bonds. The summed E-state index contributed by atoms with van der Waals surface area (Å²) in [6.45, 7) is 5.12. The molecular formula is C24H24ClNO2. The van der Waals surface area contributed by atoms with Gasteiger partial charge in [-0.2, -0.15) is 0 Å². The Morgan fingerprint density at radius 3 is 2.21 bits per heavy atom. The highest BCUT2D eigenvalue weighted by molar-refractivity contribution is 6.30. The molecule has 0 radical (unpaired) electrons. The van der Waals surface area contributed by atoms with Crippen LogP contribution in [0.3, 0.4) is 0 Å². The highest BCUT2D eigenvalue weighted by Crippen LogP contribution is 2.29. The zero-order valence-electron chi connectivity index (χ0n) is 16.2. The third kappa shape index (κ3) is 5.61. The van der Waals surface area contributed by atoms with Crippen LogP contribution >= 0.6 is 11.6 Å². The molecule has 0 heterocycles. The van der Waals surface area contributed by atoms with Gasteiger partial charge >= 0.3 is 0 Å². The van der Waals surface area contributed by atoms with Crippen LogP contribution in [0.5, 0.6) is 11.5 Å². The van der Waals surface area contributed by atoms with Crippen molar-refractivity contribution in [1.29, 1.82) is 0 Å². The molecule has 0 bridgehead atoms. The molecule has 0 aliphatic rings. The Kier molecular flexibility index (Phi) is 7.10. The van der Waals surface area contributed by atoms with Crippen molar-refractivity contribution < 1.29 is 9.47 Å². The molecule has 0 fully saturated rings. The van der Waals surface area contributed by atoms with E-state index >= 15 is 0 Å². The zero-order chi connectivity index (χ0) is 19.8. The molecule has 0 saturated heterocycles. The van der Waals surface area contributed by atoms with Crippen LogP contribution in [0.15, 0.2) is 71.7 Å². The minimum Gasteiger partial charge on any atom is -0.490 e. The second-order valence-corrected chi connectivity index (χ2v) is 6.77. The molecule has 0 atom stereocenters. The Morgan fingerprint density at radius 2 is 1.54 bits per heavy atom. The second-order valence-electron chi connectivity index (χ2n) is 6.33. The summed E-state index contributed by atoms with van der Waals surface area (Å²) >= 11 is 5.93. The molecule has 0 N–H and O–H groups in total. The maximum atomic E-state index is 5.95. The molecule has 4 heteroatoms. The van der Waals surface area contributed by atoms with E-state index in [1.165, 1.54) is 5.56 Å². The smallest absolute Gasteiger partial charge is 0.161 e. The topological polar surface area (TPSA) is 30.8 Å². The molecule has 0 spiro atoms. The van der Waals surface area contributed by atoms with Crippen molar-refractivity contribution in [2.24, 2.45) is 4.99 Å².